The lowest BCUT2D eigenvalue weighted by molar-refractivity contribution is 0.805. The van der Waals surface area contributed by atoms with Crippen molar-refractivity contribution in [3.05, 3.63) is 59.2 Å². The maximum Gasteiger partial charge on any atom is 0.146 e. The third-order valence-corrected chi connectivity index (χ3v) is 6.00. The van der Waals surface area contributed by atoms with Gasteiger partial charge >= 0.3 is 0 Å². The second kappa shape index (κ2) is 7.10. The van der Waals surface area contributed by atoms with Crippen molar-refractivity contribution in [3.63, 3.8) is 0 Å². The molecule has 0 radical (unpaired) electrons. The lowest BCUT2D eigenvalue weighted by Gasteiger charge is -2.21. The molecule has 0 bridgehead atoms. The molecule has 0 amide bonds. The molecule has 6 nitrogen and oxygen atoms in total. The van der Waals surface area contributed by atoms with E-state index in [0.29, 0.717) is 0 Å². The van der Waals surface area contributed by atoms with Crippen LogP contribution in [0.3, 0.4) is 0 Å². The van der Waals surface area contributed by atoms with Gasteiger partial charge in [-0.15, -0.1) is 0 Å². The SMILES string of the molecule is Cc1nc(CCc2nc3c4cccnc4ccn3c2C)nc(C)c1N1CCCC1. The molecule has 0 unspecified atom stereocenters. The maximum atomic E-state index is 4.94. The Bertz CT molecular complexity index is 1180. The molecule has 5 rings (SSSR count). The monoisotopic (exact) mass is 386 g/mol. The van der Waals surface area contributed by atoms with Crippen LogP contribution in [0, 0.1) is 20.8 Å². The molecule has 0 atom stereocenters. The van der Waals surface area contributed by atoms with Crippen molar-refractivity contribution < 1.29 is 0 Å². The number of anilines is 1. The molecule has 6 heteroatoms. The van der Waals surface area contributed by atoms with Gasteiger partial charge in [0.15, 0.2) is 0 Å². The van der Waals surface area contributed by atoms with Gasteiger partial charge in [-0.3, -0.25) is 4.98 Å². The van der Waals surface area contributed by atoms with Gasteiger partial charge < -0.3 is 9.30 Å². The average molecular weight is 387 g/mol. The molecular formula is C23H26N6. The lowest BCUT2D eigenvalue weighted by Crippen LogP contribution is -2.21. The van der Waals surface area contributed by atoms with Gasteiger partial charge in [-0.1, -0.05) is 0 Å². The second-order valence-corrected chi connectivity index (χ2v) is 7.94. The van der Waals surface area contributed by atoms with Crippen LogP contribution in [0.1, 0.15) is 41.4 Å². The molecule has 29 heavy (non-hydrogen) atoms. The summed E-state index contributed by atoms with van der Waals surface area (Å²) in [5.41, 5.74) is 7.65. The van der Waals surface area contributed by atoms with Gasteiger partial charge in [0, 0.05) is 43.0 Å². The minimum atomic E-state index is 0.795. The topological polar surface area (TPSA) is 59.2 Å². The highest BCUT2D eigenvalue weighted by molar-refractivity contribution is 5.91. The minimum absolute atomic E-state index is 0.795. The van der Waals surface area contributed by atoms with Crippen LogP contribution in [0.5, 0.6) is 0 Å². The van der Waals surface area contributed by atoms with Crippen molar-refractivity contribution in [2.75, 3.05) is 18.0 Å². The molecule has 1 aliphatic rings. The Morgan fingerprint density at radius 1 is 0.931 bits per heavy atom. The summed E-state index contributed by atoms with van der Waals surface area (Å²) >= 11 is 0. The van der Waals surface area contributed by atoms with Gasteiger partial charge in [-0.2, -0.15) is 0 Å². The Labute approximate surface area is 170 Å². The van der Waals surface area contributed by atoms with E-state index >= 15 is 0 Å². The molecule has 0 aromatic carbocycles. The van der Waals surface area contributed by atoms with Crippen molar-refractivity contribution in [2.24, 2.45) is 0 Å². The Kier molecular flexibility index (Phi) is 4.42. The molecule has 4 aromatic heterocycles. The third-order valence-electron chi connectivity index (χ3n) is 6.00. The molecule has 1 aliphatic heterocycles. The number of aryl methyl sites for hydroxylation is 5. The van der Waals surface area contributed by atoms with E-state index in [4.69, 9.17) is 15.0 Å². The fourth-order valence-electron chi connectivity index (χ4n) is 4.57. The summed E-state index contributed by atoms with van der Waals surface area (Å²) in [4.78, 5) is 21.5. The quantitative estimate of drug-likeness (QED) is 0.531. The summed E-state index contributed by atoms with van der Waals surface area (Å²) in [6.45, 7) is 8.59. The molecular weight excluding hydrogens is 360 g/mol. The average Bonchev–Trinajstić information content (AvgIpc) is 3.34. The highest BCUT2D eigenvalue weighted by atomic mass is 15.2. The predicted molar refractivity (Wildman–Crippen MR) is 116 cm³/mol. The number of nitrogens with zero attached hydrogens (tertiary/aromatic N) is 6. The van der Waals surface area contributed by atoms with Gasteiger partial charge in [-0.05, 0) is 58.2 Å². The van der Waals surface area contributed by atoms with Crippen LogP contribution in [0.2, 0.25) is 0 Å². The number of fused-ring (bicyclic) bond motifs is 3. The number of hydrogen-bond acceptors (Lipinski definition) is 5. The lowest BCUT2D eigenvalue weighted by atomic mass is 10.2. The smallest absolute Gasteiger partial charge is 0.146 e. The van der Waals surface area contributed by atoms with Gasteiger partial charge in [-0.25, -0.2) is 15.0 Å². The van der Waals surface area contributed by atoms with E-state index in [0.717, 1.165) is 65.4 Å². The summed E-state index contributed by atoms with van der Waals surface area (Å²) in [6, 6.07) is 6.10. The fourth-order valence-corrected chi connectivity index (χ4v) is 4.57. The number of pyridine rings is 2. The number of hydrogen-bond donors (Lipinski definition) is 0. The zero-order chi connectivity index (χ0) is 20.0. The van der Waals surface area contributed by atoms with E-state index in [1.807, 2.05) is 18.3 Å². The van der Waals surface area contributed by atoms with Crippen LogP contribution in [-0.2, 0) is 12.8 Å². The van der Waals surface area contributed by atoms with Crippen LogP contribution >= 0.6 is 0 Å². The molecule has 148 valence electrons. The molecule has 0 N–H and O–H groups in total. The highest BCUT2D eigenvalue weighted by Crippen LogP contribution is 2.26. The Morgan fingerprint density at radius 3 is 2.45 bits per heavy atom. The maximum absolute atomic E-state index is 4.94. The zero-order valence-electron chi connectivity index (χ0n) is 17.3. The van der Waals surface area contributed by atoms with Crippen molar-refractivity contribution in [1.82, 2.24) is 24.3 Å². The van der Waals surface area contributed by atoms with Crippen LogP contribution in [-0.4, -0.2) is 37.4 Å². The van der Waals surface area contributed by atoms with Crippen molar-refractivity contribution in [3.8, 4) is 0 Å². The third kappa shape index (κ3) is 3.12. The minimum Gasteiger partial charge on any atom is -0.369 e. The van der Waals surface area contributed by atoms with Crippen molar-refractivity contribution in [1.29, 1.82) is 0 Å². The van der Waals surface area contributed by atoms with E-state index < -0.39 is 0 Å². The van der Waals surface area contributed by atoms with E-state index in [2.05, 4.69) is 47.3 Å². The van der Waals surface area contributed by atoms with E-state index in [1.54, 1.807) is 0 Å². The van der Waals surface area contributed by atoms with Crippen LogP contribution in [0.25, 0.3) is 16.6 Å². The first-order valence-electron chi connectivity index (χ1n) is 10.4. The highest BCUT2D eigenvalue weighted by Gasteiger charge is 2.19. The Hall–Kier alpha value is -3.02. The van der Waals surface area contributed by atoms with Crippen LogP contribution in [0.15, 0.2) is 30.6 Å². The second-order valence-electron chi connectivity index (χ2n) is 7.94. The van der Waals surface area contributed by atoms with Crippen LogP contribution < -0.4 is 4.90 Å². The number of imidazole rings is 1. The first-order chi connectivity index (χ1) is 14.1. The van der Waals surface area contributed by atoms with Gasteiger partial charge in [0.2, 0.25) is 0 Å². The number of aromatic nitrogens is 5. The molecule has 4 aromatic rings. The predicted octanol–water partition coefficient (Wildman–Crippen LogP) is 3.98. The molecule has 0 aliphatic carbocycles. The first-order valence-corrected chi connectivity index (χ1v) is 10.4. The summed E-state index contributed by atoms with van der Waals surface area (Å²) in [6.07, 6.45) is 8.03. The normalized spacial score (nSPS) is 14.4. The molecule has 0 saturated carbocycles. The first kappa shape index (κ1) is 18.0. The summed E-state index contributed by atoms with van der Waals surface area (Å²) < 4.78 is 2.16. The van der Waals surface area contributed by atoms with Crippen molar-refractivity contribution in [2.45, 2.75) is 46.5 Å². The molecule has 0 spiro atoms. The van der Waals surface area contributed by atoms with E-state index in [9.17, 15) is 0 Å². The van der Waals surface area contributed by atoms with E-state index in [-0.39, 0.29) is 0 Å². The largest absolute Gasteiger partial charge is 0.369 e. The fraction of sp³-hybridized carbons (Fsp3) is 0.391. The molecule has 5 heterocycles. The van der Waals surface area contributed by atoms with Gasteiger partial charge in [0.05, 0.1) is 28.3 Å². The number of rotatable bonds is 4. The van der Waals surface area contributed by atoms with E-state index in [1.165, 1.54) is 24.2 Å². The summed E-state index contributed by atoms with van der Waals surface area (Å²) in [5.74, 6) is 0.908. The Balaban J connectivity index is 1.43. The molecule has 1 fully saturated rings. The van der Waals surface area contributed by atoms with Crippen molar-refractivity contribution >= 4 is 22.2 Å². The standard InChI is InChI=1S/C23H26N6/c1-15-22(28-12-4-5-13-28)16(2)26-21(25-15)9-8-19-17(3)29-14-10-20-18(23(29)27-19)7-6-11-24-20/h6-7,10-11,14H,4-5,8-9,12-13H2,1-3H3. The summed E-state index contributed by atoms with van der Waals surface area (Å²) in [5, 5.41) is 1.09. The summed E-state index contributed by atoms with van der Waals surface area (Å²) in [7, 11) is 0. The van der Waals surface area contributed by atoms with Gasteiger partial charge in [0.1, 0.15) is 11.5 Å². The van der Waals surface area contributed by atoms with Gasteiger partial charge in [0.25, 0.3) is 0 Å². The zero-order valence-corrected chi connectivity index (χ0v) is 17.3. The van der Waals surface area contributed by atoms with Crippen LogP contribution in [0.4, 0.5) is 5.69 Å². The molecule has 1 saturated heterocycles. The Morgan fingerprint density at radius 2 is 1.69 bits per heavy atom.